The average Bonchev–Trinajstić information content (AvgIpc) is 2.86. The Morgan fingerprint density at radius 3 is 2.32 bits per heavy atom. The van der Waals surface area contributed by atoms with E-state index in [-0.39, 0.29) is 23.2 Å². The van der Waals surface area contributed by atoms with E-state index in [1.54, 1.807) is 12.1 Å². The highest BCUT2D eigenvalue weighted by Gasteiger charge is 2.34. The minimum absolute atomic E-state index is 0. The normalized spacial score (nSPS) is 25.2. The number of fused-ring (bicyclic) bond motifs is 2. The van der Waals surface area contributed by atoms with Crippen molar-refractivity contribution in [1.29, 1.82) is 0 Å². The lowest BCUT2D eigenvalue weighted by atomic mass is 9.89. The largest absolute Gasteiger partial charge is 0.356 e. The van der Waals surface area contributed by atoms with Crippen molar-refractivity contribution >= 4 is 28.3 Å². The molecule has 2 heterocycles. The number of nitrogens with two attached hydrogens (primary N) is 1. The third kappa shape index (κ3) is 5.67. The third-order valence-electron chi connectivity index (χ3n) is 5.03. The summed E-state index contributed by atoms with van der Waals surface area (Å²) >= 11 is 0. The first-order valence-electron chi connectivity index (χ1n) is 8.54. The van der Waals surface area contributed by atoms with Gasteiger partial charge in [-0.1, -0.05) is 12.1 Å². The molecule has 2 saturated heterocycles. The Hall–Kier alpha value is -1.15. The summed E-state index contributed by atoms with van der Waals surface area (Å²) in [6.07, 6.45) is 6.00. The molecule has 6 nitrogen and oxygen atoms in total. The fraction of sp³-hybridized carbons (Fsp3) is 0.588. The highest BCUT2D eigenvalue weighted by molar-refractivity contribution is 7.89. The predicted octanol–water partition coefficient (Wildman–Crippen LogP) is 1.34. The summed E-state index contributed by atoms with van der Waals surface area (Å²) in [7, 11) is -3.65. The molecule has 2 bridgehead atoms. The first kappa shape index (κ1) is 20.2. The molecule has 0 saturated carbocycles. The van der Waals surface area contributed by atoms with Crippen molar-refractivity contribution in [2.75, 3.05) is 6.54 Å². The minimum Gasteiger partial charge on any atom is -0.356 e. The number of nitrogens with one attached hydrogen (secondary N) is 2. The maximum Gasteiger partial charge on any atom is 0.238 e. The molecule has 2 aliphatic heterocycles. The van der Waals surface area contributed by atoms with E-state index in [1.807, 2.05) is 0 Å². The number of primary sulfonamides is 1. The number of benzene rings is 1. The topological polar surface area (TPSA) is 101 Å². The zero-order chi connectivity index (χ0) is 17.2. The fourth-order valence-corrected chi connectivity index (χ4v) is 4.38. The second-order valence-electron chi connectivity index (χ2n) is 6.97. The molecule has 0 aromatic heterocycles. The molecule has 1 aromatic rings. The maximum atomic E-state index is 12.1. The molecular weight excluding hydrogens is 362 g/mol. The Balaban J connectivity index is 0.00000225. The number of sulfonamides is 1. The van der Waals surface area contributed by atoms with Gasteiger partial charge in [-0.15, -0.1) is 12.4 Å². The van der Waals surface area contributed by atoms with Gasteiger partial charge in [-0.2, -0.15) is 0 Å². The van der Waals surface area contributed by atoms with Gasteiger partial charge in [0.1, 0.15) is 0 Å². The monoisotopic (exact) mass is 387 g/mol. The Morgan fingerprint density at radius 2 is 1.76 bits per heavy atom. The standard InChI is InChI=1S/C17H25N3O3S.ClH/c18-24(22,23)16-5-1-12(2-6-16)7-8-19-17(21)11-13-9-14-3-4-15(10-13)20-14;/h1-2,5-6,13-15,20H,3-4,7-11H2,(H,19,21)(H2,18,22,23);1H. The van der Waals surface area contributed by atoms with Crippen molar-refractivity contribution in [1.82, 2.24) is 10.6 Å². The third-order valence-corrected chi connectivity index (χ3v) is 5.96. The summed E-state index contributed by atoms with van der Waals surface area (Å²) in [5.41, 5.74) is 0.975. The quantitative estimate of drug-likeness (QED) is 0.685. The van der Waals surface area contributed by atoms with Crippen LogP contribution in [0.5, 0.6) is 0 Å². The van der Waals surface area contributed by atoms with Crippen LogP contribution in [0.3, 0.4) is 0 Å². The molecule has 140 valence electrons. The molecule has 0 spiro atoms. The van der Waals surface area contributed by atoms with Crippen LogP contribution in [0.1, 0.15) is 37.7 Å². The average molecular weight is 388 g/mol. The van der Waals surface area contributed by atoms with Gasteiger partial charge in [-0.3, -0.25) is 4.79 Å². The van der Waals surface area contributed by atoms with Gasteiger partial charge < -0.3 is 10.6 Å². The molecule has 3 rings (SSSR count). The Morgan fingerprint density at radius 1 is 1.16 bits per heavy atom. The van der Waals surface area contributed by atoms with Gasteiger partial charge in [0.25, 0.3) is 0 Å². The highest BCUT2D eigenvalue weighted by Crippen LogP contribution is 2.32. The number of carbonyl (C=O) groups is 1. The van der Waals surface area contributed by atoms with Crippen molar-refractivity contribution in [3.63, 3.8) is 0 Å². The van der Waals surface area contributed by atoms with Crippen LogP contribution in [-0.2, 0) is 21.2 Å². The number of hydrogen-bond donors (Lipinski definition) is 3. The van der Waals surface area contributed by atoms with Gasteiger partial charge >= 0.3 is 0 Å². The molecule has 2 aliphatic rings. The number of hydrogen-bond acceptors (Lipinski definition) is 4. The summed E-state index contributed by atoms with van der Waals surface area (Å²) in [4.78, 5) is 12.2. The van der Waals surface area contributed by atoms with Crippen molar-refractivity contribution in [2.45, 2.75) is 55.5 Å². The van der Waals surface area contributed by atoms with E-state index in [9.17, 15) is 13.2 Å². The second kappa shape index (κ2) is 8.49. The summed E-state index contributed by atoms with van der Waals surface area (Å²) in [5.74, 6) is 0.611. The van der Waals surface area contributed by atoms with E-state index in [2.05, 4.69) is 10.6 Å². The molecule has 1 aromatic carbocycles. The smallest absolute Gasteiger partial charge is 0.238 e. The lowest BCUT2D eigenvalue weighted by Crippen LogP contribution is -2.39. The van der Waals surface area contributed by atoms with Gasteiger partial charge in [-0.25, -0.2) is 13.6 Å². The van der Waals surface area contributed by atoms with Crippen molar-refractivity contribution < 1.29 is 13.2 Å². The number of halogens is 1. The molecule has 0 radical (unpaired) electrons. The first-order valence-corrected chi connectivity index (χ1v) is 10.1. The van der Waals surface area contributed by atoms with Crippen molar-refractivity contribution in [2.24, 2.45) is 11.1 Å². The molecule has 8 heteroatoms. The van der Waals surface area contributed by atoms with Crippen LogP contribution in [0.2, 0.25) is 0 Å². The molecule has 2 fully saturated rings. The van der Waals surface area contributed by atoms with Gasteiger partial charge in [0.2, 0.25) is 15.9 Å². The van der Waals surface area contributed by atoms with E-state index in [0.29, 0.717) is 37.4 Å². The summed E-state index contributed by atoms with van der Waals surface area (Å²) < 4.78 is 22.4. The van der Waals surface area contributed by atoms with Gasteiger partial charge in [-0.05, 0) is 55.7 Å². The molecule has 2 unspecified atom stereocenters. The zero-order valence-electron chi connectivity index (χ0n) is 14.1. The molecule has 2 atom stereocenters. The summed E-state index contributed by atoms with van der Waals surface area (Å²) in [6.45, 7) is 0.561. The summed E-state index contributed by atoms with van der Waals surface area (Å²) in [6, 6.07) is 7.68. The predicted molar refractivity (Wildman–Crippen MR) is 99.1 cm³/mol. The Kier molecular flexibility index (Phi) is 6.85. The molecular formula is C17H26ClN3O3S. The SMILES string of the molecule is Cl.NS(=O)(=O)c1ccc(CCNC(=O)CC2CC3CCC(C2)N3)cc1. The van der Waals surface area contributed by atoms with Crippen LogP contribution in [0.4, 0.5) is 0 Å². The van der Waals surface area contributed by atoms with Gasteiger partial charge in [0.05, 0.1) is 4.90 Å². The number of carbonyl (C=O) groups excluding carboxylic acids is 1. The zero-order valence-corrected chi connectivity index (χ0v) is 15.7. The van der Waals surface area contributed by atoms with Crippen LogP contribution in [0, 0.1) is 5.92 Å². The Labute approximate surface area is 155 Å². The minimum atomic E-state index is -3.65. The first-order chi connectivity index (χ1) is 11.4. The highest BCUT2D eigenvalue weighted by atomic mass is 35.5. The van der Waals surface area contributed by atoms with Crippen LogP contribution in [0.25, 0.3) is 0 Å². The van der Waals surface area contributed by atoms with Gasteiger partial charge in [0.15, 0.2) is 0 Å². The van der Waals surface area contributed by atoms with Crippen molar-refractivity contribution in [3.8, 4) is 0 Å². The number of piperidine rings is 1. The lowest BCUT2D eigenvalue weighted by Gasteiger charge is -2.28. The lowest BCUT2D eigenvalue weighted by molar-refractivity contribution is -0.122. The van der Waals surface area contributed by atoms with E-state index in [0.717, 1.165) is 18.4 Å². The van der Waals surface area contributed by atoms with Crippen molar-refractivity contribution in [3.05, 3.63) is 29.8 Å². The molecule has 4 N–H and O–H groups in total. The number of rotatable bonds is 6. The van der Waals surface area contributed by atoms with Crippen LogP contribution in [0.15, 0.2) is 29.2 Å². The fourth-order valence-electron chi connectivity index (χ4n) is 3.87. The van der Waals surface area contributed by atoms with Crippen LogP contribution >= 0.6 is 12.4 Å². The molecule has 25 heavy (non-hydrogen) atoms. The van der Waals surface area contributed by atoms with E-state index in [1.165, 1.54) is 25.0 Å². The van der Waals surface area contributed by atoms with Crippen LogP contribution < -0.4 is 15.8 Å². The Bertz CT molecular complexity index is 682. The molecule has 0 aliphatic carbocycles. The number of amides is 1. The maximum absolute atomic E-state index is 12.1. The molecule has 1 amide bonds. The van der Waals surface area contributed by atoms with Crippen LogP contribution in [-0.4, -0.2) is 33.0 Å². The van der Waals surface area contributed by atoms with E-state index >= 15 is 0 Å². The van der Waals surface area contributed by atoms with Gasteiger partial charge in [0, 0.05) is 25.0 Å². The van der Waals surface area contributed by atoms with E-state index in [4.69, 9.17) is 5.14 Å². The van der Waals surface area contributed by atoms with E-state index < -0.39 is 10.0 Å². The summed E-state index contributed by atoms with van der Waals surface area (Å²) in [5, 5.41) is 11.6. The second-order valence-corrected chi connectivity index (χ2v) is 8.53.